The summed E-state index contributed by atoms with van der Waals surface area (Å²) in [6, 6.07) is 0. The number of ketones is 1. The van der Waals surface area contributed by atoms with Crippen LogP contribution >= 0.6 is 0 Å². The molecule has 0 bridgehead atoms. The molecule has 1 rings (SSSR count). The number of hydrogen-bond donors (Lipinski definition) is 1. The molecule has 2 nitrogen and oxygen atoms in total. The molecule has 0 unspecified atom stereocenters. The van der Waals surface area contributed by atoms with Gasteiger partial charge in [-0.3, -0.25) is 4.79 Å². The van der Waals surface area contributed by atoms with Crippen LogP contribution in [0.4, 0.5) is 0 Å². The zero-order valence-corrected chi connectivity index (χ0v) is 8.51. The molecule has 0 amide bonds. The van der Waals surface area contributed by atoms with Crippen molar-refractivity contribution in [1.82, 2.24) is 0 Å². The van der Waals surface area contributed by atoms with Gasteiger partial charge in [0.25, 0.3) is 0 Å². The number of carbonyl (C=O) groups is 1. The molecule has 1 N–H and O–H groups in total. The molecule has 0 radical (unpaired) electrons. The molecule has 0 spiro atoms. The summed E-state index contributed by atoms with van der Waals surface area (Å²) in [5.74, 6) is 0.308. The van der Waals surface area contributed by atoms with Gasteiger partial charge < -0.3 is 5.11 Å². The van der Waals surface area contributed by atoms with Crippen molar-refractivity contribution in [2.45, 2.75) is 63.9 Å². The highest BCUT2D eigenvalue weighted by atomic mass is 16.3. The normalized spacial score (nSPS) is 20.5. The van der Waals surface area contributed by atoms with Crippen molar-refractivity contribution in [1.29, 1.82) is 0 Å². The first kappa shape index (κ1) is 10.7. The van der Waals surface area contributed by atoms with Crippen LogP contribution in [0, 0.1) is 0 Å². The molecular weight excluding hydrogens is 164 g/mol. The minimum absolute atomic E-state index is 0.308. The zero-order chi connectivity index (χ0) is 9.73. The van der Waals surface area contributed by atoms with E-state index in [2.05, 4.69) is 0 Å². The minimum Gasteiger partial charge on any atom is -0.390 e. The molecule has 0 aromatic heterocycles. The SMILES string of the molecule is CCCC(=O)CCC1(O)CCCC1. The lowest BCUT2D eigenvalue weighted by molar-refractivity contribution is -0.120. The van der Waals surface area contributed by atoms with Gasteiger partial charge in [-0.25, -0.2) is 0 Å². The third-order valence-electron chi connectivity index (χ3n) is 2.93. The molecule has 76 valence electrons. The molecule has 1 saturated carbocycles. The van der Waals surface area contributed by atoms with Crippen LogP contribution in [-0.4, -0.2) is 16.5 Å². The van der Waals surface area contributed by atoms with Gasteiger partial charge in [-0.15, -0.1) is 0 Å². The molecule has 0 aromatic carbocycles. The van der Waals surface area contributed by atoms with Crippen molar-refractivity contribution in [3.8, 4) is 0 Å². The largest absolute Gasteiger partial charge is 0.390 e. The smallest absolute Gasteiger partial charge is 0.133 e. The molecule has 13 heavy (non-hydrogen) atoms. The minimum atomic E-state index is -0.497. The fraction of sp³-hybridized carbons (Fsp3) is 0.909. The molecular formula is C11H20O2. The lowest BCUT2D eigenvalue weighted by Gasteiger charge is -2.21. The van der Waals surface area contributed by atoms with E-state index in [1.165, 1.54) is 0 Å². The van der Waals surface area contributed by atoms with Gasteiger partial charge >= 0.3 is 0 Å². The van der Waals surface area contributed by atoms with Crippen molar-refractivity contribution in [2.24, 2.45) is 0 Å². The molecule has 2 heteroatoms. The van der Waals surface area contributed by atoms with Crippen LogP contribution in [0.2, 0.25) is 0 Å². The van der Waals surface area contributed by atoms with E-state index >= 15 is 0 Å². The maximum Gasteiger partial charge on any atom is 0.133 e. The van der Waals surface area contributed by atoms with Crippen LogP contribution in [0.5, 0.6) is 0 Å². The molecule has 0 saturated heterocycles. The lowest BCUT2D eigenvalue weighted by atomic mass is 9.94. The van der Waals surface area contributed by atoms with E-state index in [1.54, 1.807) is 0 Å². The Hall–Kier alpha value is -0.370. The summed E-state index contributed by atoms with van der Waals surface area (Å²) in [5, 5.41) is 9.96. The van der Waals surface area contributed by atoms with Gasteiger partial charge in [0.1, 0.15) is 5.78 Å². The Balaban J connectivity index is 2.21. The number of rotatable bonds is 5. The summed E-state index contributed by atoms with van der Waals surface area (Å²) in [7, 11) is 0. The van der Waals surface area contributed by atoms with Gasteiger partial charge in [-0.1, -0.05) is 19.8 Å². The van der Waals surface area contributed by atoms with Gasteiger partial charge in [0.2, 0.25) is 0 Å². The van der Waals surface area contributed by atoms with E-state index in [-0.39, 0.29) is 0 Å². The topological polar surface area (TPSA) is 37.3 Å². The third kappa shape index (κ3) is 3.47. The average molecular weight is 184 g/mol. The fourth-order valence-corrected chi connectivity index (χ4v) is 2.06. The fourth-order valence-electron chi connectivity index (χ4n) is 2.06. The highest BCUT2D eigenvalue weighted by Crippen LogP contribution is 2.33. The Labute approximate surface area is 80.3 Å². The maximum atomic E-state index is 11.2. The Kier molecular flexibility index (Phi) is 3.91. The summed E-state index contributed by atoms with van der Waals surface area (Å²) in [6.45, 7) is 2.02. The van der Waals surface area contributed by atoms with Gasteiger partial charge in [0, 0.05) is 12.8 Å². The van der Waals surface area contributed by atoms with Crippen LogP contribution in [0.25, 0.3) is 0 Å². The zero-order valence-electron chi connectivity index (χ0n) is 8.51. The van der Waals surface area contributed by atoms with E-state index in [0.717, 1.165) is 32.1 Å². The van der Waals surface area contributed by atoms with Gasteiger partial charge in [-0.2, -0.15) is 0 Å². The molecule has 0 aromatic rings. The molecule has 1 aliphatic rings. The standard InChI is InChI=1S/C11H20O2/c1-2-5-10(12)6-9-11(13)7-3-4-8-11/h13H,2-9H2,1H3. The van der Waals surface area contributed by atoms with Crippen molar-refractivity contribution in [3.63, 3.8) is 0 Å². The number of Topliss-reactive ketones (excluding diaryl/α,β-unsaturated/α-hetero) is 1. The van der Waals surface area contributed by atoms with Crippen molar-refractivity contribution in [3.05, 3.63) is 0 Å². The second-order valence-electron chi connectivity index (χ2n) is 4.22. The molecule has 0 aliphatic heterocycles. The second kappa shape index (κ2) is 4.75. The van der Waals surface area contributed by atoms with E-state index < -0.39 is 5.60 Å². The van der Waals surface area contributed by atoms with Crippen molar-refractivity contribution < 1.29 is 9.90 Å². The Bertz CT molecular complexity index is 169. The number of hydrogen-bond acceptors (Lipinski definition) is 2. The summed E-state index contributed by atoms with van der Waals surface area (Å²) >= 11 is 0. The maximum absolute atomic E-state index is 11.2. The van der Waals surface area contributed by atoms with Crippen LogP contribution < -0.4 is 0 Å². The molecule has 1 fully saturated rings. The van der Waals surface area contributed by atoms with Gasteiger partial charge in [0.05, 0.1) is 5.60 Å². The highest BCUT2D eigenvalue weighted by molar-refractivity contribution is 5.78. The van der Waals surface area contributed by atoms with Crippen molar-refractivity contribution >= 4 is 5.78 Å². The lowest BCUT2D eigenvalue weighted by Crippen LogP contribution is -2.24. The third-order valence-corrected chi connectivity index (χ3v) is 2.93. The molecule has 0 atom stereocenters. The number of aliphatic hydroxyl groups is 1. The van der Waals surface area contributed by atoms with E-state index in [1.807, 2.05) is 6.92 Å². The van der Waals surface area contributed by atoms with E-state index in [9.17, 15) is 9.90 Å². The van der Waals surface area contributed by atoms with Crippen LogP contribution in [0.1, 0.15) is 58.3 Å². The van der Waals surface area contributed by atoms with Gasteiger partial charge in [-0.05, 0) is 25.7 Å². The molecule has 0 heterocycles. The average Bonchev–Trinajstić information content (AvgIpc) is 2.51. The van der Waals surface area contributed by atoms with E-state index in [0.29, 0.717) is 25.0 Å². The summed E-state index contributed by atoms with van der Waals surface area (Å²) in [4.78, 5) is 11.2. The van der Waals surface area contributed by atoms with Crippen LogP contribution in [0.15, 0.2) is 0 Å². The highest BCUT2D eigenvalue weighted by Gasteiger charge is 2.30. The summed E-state index contributed by atoms with van der Waals surface area (Å²) in [5.41, 5.74) is -0.497. The van der Waals surface area contributed by atoms with E-state index in [4.69, 9.17) is 0 Å². The van der Waals surface area contributed by atoms with Crippen LogP contribution in [0.3, 0.4) is 0 Å². The summed E-state index contributed by atoms with van der Waals surface area (Å²) < 4.78 is 0. The first-order valence-electron chi connectivity index (χ1n) is 5.40. The Morgan fingerprint density at radius 1 is 1.31 bits per heavy atom. The predicted octanol–water partition coefficient (Wildman–Crippen LogP) is 2.44. The first-order valence-corrected chi connectivity index (χ1v) is 5.40. The van der Waals surface area contributed by atoms with Gasteiger partial charge in [0.15, 0.2) is 0 Å². The predicted molar refractivity (Wildman–Crippen MR) is 52.6 cm³/mol. The Morgan fingerprint density at radius 2 is 1.92 bits per heavy atom. The van der Waals surface area contributed by atoms with Crippen LogP contribution in [-0.2, 0) is 4.79 Å². The second-order valence-corrected chi connectivity index (χ2v) is 4.22. The number of carbonyl (C=O) groups excluding carboxylic acids is 1. The summed E-state index contributed by atoms with van der Waals surface area (Å²) in [6.07, 6.45) is 6.90. The molecule has 1 aliphatic carbocycles. The first-order chi connectivity index (χ1) is 6.16. The monoisotopic (exact) mass is 184 g/mol. The quantitative estimate of drug-likeness (QED) is 0.712. The van der Waals surface area contributed by atoms with Crippen molar-refractivity contribution in [2.75, 3.05) is 0 Å². The Morgan fingerprint density at radius 3 is 2.46 bits per heavy atom.